The molecule has 1 saturated heterocycles. The predicted octanol–water partition coefficient (Wildman–Crippen LogP) is 2.55. The fourth-order valence-corrected chi connectivity index (χ4v) is 3.56. The lowest BCUT2D eigenvalue weighted by Crippen LogP contribution is -2.38. The zero-order valence-electron chi connectivity index (χ0n) is 14.4. The number of fused-ring (bicyclic) bond motifs is 1. The van der Waals surface area contributed by atoms with Crippen LogP contribution in [0.1, 0.15) is 44.1 Å². The summed E-state index contributed by atoms with van der Waals surface area (Å²) in [6, 6.07) is 8.17. The lowest BCUT2D eigenvalue weighted by atomic mass is 10.2. The normalized spacial score (nSPS) is 18.4. The van der Waals surface area contributed by atoms with Crippen LogP contribution in [0.15, 0.2) is 29.3 Å². The van der Waals surface area contributed by atoms with Gasteiger partial charge in [-0.1, -0.05) is 31.0 Å². The Kier molecular flexibility index (Phi) is 5.72. The number of carbonyl (C=O) groups excluding carboxylic acids is 1. The topological polar surface area (TPSA) is 61.9 Å². The highest BCUT2D eigenvalue weighted by Crippen LogP contribution is 2.28. The molecule has 5 nitrogen and oxygen atoms in total. The number of likely N-dealkylation sites (tertiary alicyclic amines) is 1. The van der Waals surface area contributed by atoms with Crippen molar-refractivity contribution in [1.29, 1.82) is 0 Å². The maximum Gasteiger partial charge on any atom is 0.227 e. The molecule has 0 aliphatic carbocycles. The Balaban J connectivity index is 1.45. The monoisotopic (exact) mass is 328 g/mol. The molecule has 2 heterocycles. The van der Waals surface area contributed by atoms with Crippen LogP contribution in [0.4, 0.5) is 5.69 Å². The Morgan fingerprint density at radius 2 is 1.83 bits per heavy atom. The molecule has 0 aromatic heterocycles. The standard InChI is InChI=1S/C19H28N4O/c20-19(22-13-5-1-2-6-14-22)21-12-7-10-18(24)23-15-11-16-8-3-4-9-17(16)23/h3-4,8-9H,1-2,5-7,10-15H2,(H2,20,21). The summed E-state index contributed by atoms with van der Waals surface area (Å²) in [5.41, 5.74) is 8.45. The van der Waals surface area contributed by atoms with Gasteiger partial charge in [-0.05, 0) is 37.3 Å². The van der Waals surface area contributed by atoms with Gasteiger partial charge in [-0.25, -0.2) is 0 Å². The van der Waals surface area contributed by atoms with E-state index in [-0.39, 0.29) is 5.91 Å². The third-order valence-corrected chi connectivity index (χ3v) is 4.94. The van der Waals surface area contributed by atoms with Crippen molar-refractivity contribution < 1.29 is 4.79 Å². The molecule has 24 heavy (non-hydrogen) atoms. The van der Waals surface area contributed by atoms with E-state index >= 15 is 0 Å². The van der Waals surface area contributed by atoms with Gasteiger partial charge in [0.05, 0.1) is 0 Å². The molecule has 130 valence electrons. The molecular formula is C19H28N4O. The molecule has 3 rings (SSSR count). The van der Waals surface area contributed by atoms with Crippen LogP contribution in [-0.2, 0) is 11.2 Å². The van der Waals surface area contributed by atoms with E-state index in [1.165, 1.54) is 31.2 Å². The molecule has 0 bridgehead atoms. The van der Waals surface area contributed by atoms with Gasteiger partial charge in [0.2, 0.25) is 5.91 Å². The number of para-hydroxylation sites is 1. The first kappa shape index (κ1) is 16.8. The van der Waals surface area contributed by atoms with Crippen molar-refractivity contribution in [1.82, 2.24) is 4.90 Å². The summed E-state index contributed by atoms with van der Waals surface area (Å²) in [6.45, 7) is 3.46. The summed E-state index contributed by atoms with van der Waals surface area (Å²) >= 11 is 0. The van der Waals surface area contributed by atoms with Gasteiger partial charge in [0.25, 0.3) is 0 Å². The number of nitrogens with zero attached hydrogens (tertiary/aromatic N) is 3. The van der Waals surface area contributed by atoms with Crippen LogP contribution >= 0.6 is 0 Å². The summed E-state index contributed by atoms with van der Waals surface area (Å²) in [6.07, 6.45) is 7.22. The molecule has 1 aromatic rings. The Morgan fingerprint density at radius 1 is 1.08 bits per heavy atom. The van der Waals surface area contributed by atoms with Gasteiger partial charge in [-0.2, -0.15) is 0 Å². The third kappa shape index (κ3) is 4.08. The van der Waals surface area contributed by atoms with E-state index in [0.717, 1.165) is 38.2 Å². The molecule has 2 aliphatic rings. The molecule has 0 unspecified atom stereocenters. The third-order valence-electron chi connectivity index (χ3n) is 4.94. The second kappa shape index (κ2) is 8.18. The zero-order valence-corrected chi connectivity index (χ0v) is 14.4. The number of nitrogens with two attached hydrogens (primary N) is 1. The zero-order chi connectivity index (χ0) is 16.8. The minimum Gasteiger partial charge on any atom is -0.370 e. The summed E-state index contributed by atoms with van der Waals surface area (Å²) < 4.78 is 0. The number of benzene rings is 1. The smallest absolute Gasteiger partial charge is 0.227 e. The molecule has 0 atom stereocenters. The van der Waals surface area contributed by atoms with Crippen LogP contribution in [0.25, 0.3) is 0 Å². The molecule has 2 aliphatic heterocycles. The van der Waals surface area contributed by atoms with Gasteiger partial charge >= 0.3 is 0 Å². The molecule has 0 spiro atoms. The van der Waals surface area contributed by atoms with E-state index in [1.807, 2.05) is 23.1 Å². The number of hydrogen-bond acceptors (Lipinski definition) is 2. The van der Waals surface area contributed by atoms with Gasteiger partial charge in [0, 0.05) is 38.3 Å². The Hall–Kier alpha value is -2.04. The number of anilines is 1. The van der Waals surface area contributed by atoms with Gasteiger partial charge in [-0.3, -0.25) is 9.79 Å². The minimum atomic E-state index is 0.198. The average molecular weight is 328 g/mol. The van der Waals surface area contributed by atoms with Crippen LogP contribution in [-0.4, -0.2) is 42.9 Å². The highest BCUT2D eigenvalue weighted by atomic mass is 16.2. The summed E-state index contributed by atoms with van der Waals surface area (Å²) in [5.74, 6) is 0.847. The van der Waals surface area contributed by atoms with E-state index in [2.05, 4.69) is 16.0 Å². The fraction of sp³-hybridized carbons (Fsp3) is 0.579. The van der Waals surface area contributed by atoms with Gasteiger partial charge in [0.15, 0.2) is 5.96 Å². The van der Waals surface area contributed by atoms with Crippen molar-refractivity contribution >= 4 is 17.6 Å². The summed E-state index contributed by atoms with van der Waals surface area (Å²) in [5, 5.41) is 0. The minimum absolute atomic E-state index is 0.198. The Morgan fingerprint density at radius 3 is 2.62 bits per heavy atom. The molecule has 1 fully saturated rings. The fourth-order valence-electron chi connectivity index (χ4n) is 3.56. The van der Waals surface area contributed by atoms with Crippen LogP contribution < -0.4 is 10.6 Å². The lowest BCUT2D eigenvalue weighted by molar-refractivity contribution is -0.118. The highest BCUT2D eigenvalue weighted by molar-refractivity contribution is 5.95. The molecular weight excluding hydrogens is 300 g/mol. The van der Waals surface area contributed by atoms with E-state index in [9.17, 15) is 4.79 Å². The van der Waals surface area contributed by atoms with E-state index in [1.54, 1.807) is 0 Å². The SMILES string of the molecule is NC(=NCCCC(=O)N1CCc2ccccc21)N1CCCCCC1. The summed E-state index contributed by atoms with van der Waals surface area (Å²) in [4.78, 5) is 21.0. The number of hydrogen-bond donors (Lipinski definition) is 1. The highest BCUT2D eigenvalue weighted by Gasteiger charge is 2.23. The van der Waals surface area contributed by atoms with Gasteiger partial charge < -0.3 is 15.5 Å². The van der Waals surface area contributed by atoms with E-state index in [0.29, 0.717) is 18.9 Å². The first-order valence-electron chi connectivity index (χ1n) is 9.19. The molecule has 0 saturated carbocycles. The van der Waals surface area contributed by atoms with Crippen LogP contribution in [0.3, 0.4) is 0 Å². The number of aliphatic imine (C=N–C) groups is 1. The predicted molar refractivity (Wildman–Crippen MR) is 98.3 cm³/mol. The first-order valence-corrected chi connectivity index (χ1v) is 9.19. The average Bonchev–Trinajstić information content (AvgIpc) is 2.84. The van der Waals surface area contributed by atoms with Crippen molar-refractivity contribution in [2.24, 2.45) is 10.7 Å². The molecule has 2 N–H and O–H groups in total. The first-order chi connectivity index (χ1) is 11.8. The Labute approximate surface area is 144 Å². The Bertz CT molecular complexity index is 591. The van der Waals surface area contributed by atoms with Crippen molar-refractivity contribution in [3.05, 3.63) is 29.8 Å². The lowest BCUT2D eigenvalue weighted by Gasteiger charge is -2.21. The van der Waals surface area contributed by atoms with Crippen molar-refractivity contribution in [2.75, 3.05) is 31.1 Å². The number of rotatable bonds is 4. The second-order valence-corrected chi connectivity index (χ2v) is 6.67. The van der Waals surface area contributed by atoms with E-state index in [4.69, 9.17) is 5.73 Å². The molecule has 1 aromatic carbocycles. The van der Waals surface area contributed by atoms with Crippen LogP contribution in [0.2, 0.25) is 0 Å². The van der Waals surface area contributed by atoms with Crippen molar-refractivity contribution in [3.8, 4) is 0 Å². The largest absolute Gasteiger partial charge is 0.370 e. The number of amides is 1. The molecule has 1 amide bonds. The maximum absolute atomic E-state index is 12.4. The molecule has 5 heteroatoms. The second-order valence-electron chi connectivity index (χ2n) is 6.67. The molecule has 0 radical (unpaired) electrons. The van der Waals surface area contributed by atoms with Crippen molar-refractivity contribution in [2.45, 2.75) is 44.9 Å². The van der Waals surface area contributed by atoms with Gasteiger partial charge in [-0.15, -0.1) is 0 Å². The quantitative estimate of drug-likeness (QED) is 0.525. The van der Waals surface area contributed by atoms with E-state index < -0.39 is 0 Å². The van der Waals surface area contributed by atoms with Crippen LogP contribution in [0, 0.1) is 0 Å². The van der Waals surface area contributed by atoms with Gasteiger partial charge in [0.1, 0.15) is 0 Å². The maximum atomic E-state index is 12.4. The van der Waals surface area contributed by atoms with Crippen LogP contribution in [0.5, 0.6) is 0 Å². The number of guanidine groups is 1. The number of carbonyl (C=O) groups is 1. The van der Waals surface area contributed by atoms with Crippen molar-refractivity contribution in [3.63, 3.8) is 0 Å². The summed E-state index contributed by atoms with van der Waals surface area (Å²) in [7, 11) is 0.